The Morgan fingerprint density at radius 3 is 1.83 bits per heavy atom. The Balaban J connectivity index is 1.12. The molecule has 52 heavy (non-hydrogen) atoms. The van der Waals surface area contributed by atoms with Crippen LogP contribution in [-0.2, 0) is 5.41 Å². The van der Waals surface area contributed by atoms with Crippen molar-refractivity contribution in [2.45, 2.75) is 19.3 Å². The molecule has 1 aliphatic rings. The van der Waals surface area contributed by atoms with Crippen LogP contribution in [0.25, 0.3) is 99.5 Å². The van der Waals surface area contributed by atoms with Crippen LogP contribution in [0.15, 0.2) is 156 Å². The number of benzene rings is 8. The average molecular weight is 666 g/mol. The van der Waals surface area contributed by atoms with Crippen molar-refractivity contribution < 1.29 is 4.42 Å². The van der Waals surface area contributed by atoms with Crippen LogP contribution in [0.4, 0.5) is 0 Å². The molecular weight excluding hydrogens is 635 g/mol. The number of rotatable bonds is 3. The maximum absolute atomic E-state index is 6.25. The Bertz CT molecular complexity index is 3100. The van der Waals surface area contributed by atoms with E-state index in [-0.39, 0.29) is 5.41 Å². The summed E-state index contributed by atoms with van der Waals surface area (Å²) in [5.41, 5.74) is 9.82. The van der Waals surface area contributed by atoms with Crippen molar-refractivity contribution in [2.75, 3.05) is 0 Å². The fourth-order valence-corrected chi connectivity index (χ4v) is 8.52. The van der Waals surface area contributed by atoms with E-state index in [1.54, 1.807) is 0 Å². The van der Waals surface area contributed by atoms with Gasteiger partial charge in [-0.25, -0.2) is 15.0 Å². The first kappa shape index (κ1) is 29.1. The van der Waals surface area contributed by atoms with E-state index in [4.69, 9.17) is 19.4 Å². The number of nitrogens with zero attached hydrogens (tertiary/aromatic N) is 3. The molecule has 0 fully saturated rings. The second kappa shape index (κ2) is 10.7. The molecule has 10 aromatic rings. The zero-order valence-corrected chi connectivity index (χ0v) is 28.7. The molecule has 0 amide bonds. The molecule has 4 heteroatoms. The van der Waals surface area contributed by atoms with Crippen LogP contribution >= 0.6 is 0 Å². The monoisotopic (exact) mass is 665 g/mol. The molecule has 0 bridgehead atoms. The number of furan rings is 1. The van der Waals surface area contributed by atoms with E-state index < -0.39 is 0 Å². The standard InChI is InChI=1S/C48H31N3O/c1-48(2)38-14-8-6-13-37(38)44-39(48)25-22-29-17-16-28-18-19-31-26-32(20-23-34(31)42(28)43(29)44)46-49-45(30-10-4-3-5-11-30)50-47(51-46)33-21-24-36-35-12-7-9-15-40(35)52-41(36)27-33/h3-27H,1-2H3. The van der Waals surface area contributed by atoms with E-state index in [0.29, 0.717) is 17.5 Å². The van der Waals surface area contributed by atoms with Gasteiger partial charge >= 0.3 is 0 Å². The van der Waals surface area contributed by atoms with Crippen LogP contribution in [0.2, 0.25) is 0 Å². The van der Waals surface area contributed by atoms with Crippen LogP contribution in [0.3, 0.4) is 0 Å². The van der Waals surface area contributed by atoms with Gasteiger partial charge in [0.1, 0.15) is 11.2 Å². The summed E-state index contributed by atoms with van der Waals surface area (Å²) in [6, 6.07) is 53.7. The van der Waals surface area contributed by atoms with E-state index in [1.807, 2.05) is 54.6 Å². The third-order valence-electron chi connectivity index (χ3n) is 11.1. The van der Waals surface area contributed by atoms with Crippen molar-refractivity contribution in [2.24, 2.45) is 0 Å². The van der Waals surface area contributed by atoms with Crippen molar-refractivity contribution in [1.82, 2.24) is 15.0 Å². The molecule has 1 aliphatic carbocycles. The van der Waals surface area contributed by atoms with Crippen molar-refractivity contribution in [1.29, 1.82) is 0 Å². The van der Waals surface area contributed by atoms with Gasteiger partial charge in [0, 0.05) is 32.9 Å². The van der Waals surface area contributed by atoms with Gasteiger partial charge in [0.2, 0.25) is 0 Å². The molecule has 244 valence electrons. The molecule has 0 N–H and O–H groups in total. The molecule has 11 rings (SSSR count). The van der Waals surface area contributed by atoms with Crippen LogP contribution in [0.1, 0.15) is 25.0 Å². The van der Waals surface area contributed by atoms with Crippen molar-refractivity contribution in [3.8, 4) is 45.3 Å². The third-order valence-corrected chi connectivity index (χ3v) is 11.1. The summed E-state index contributed by atoms with van der Waals surface area (Å²) in [6.45, 7) is 4.70. The minimum Gasteiger partial charge on any atom is -0.456 e. The minimum atomic E-state index is -0.0676. The largest absolute Gasteiger partial charge is 0.456 e. The Morgan fingerprint density at radius 1 is 0.423 bits per heavy atom. The Hall–Kier alpha value is -6.65. The van der Waals surface area contributed by atoms with E-state index in [2.05, 4.69) is 111 Å². The van der Waals surface area contributed by atoms with E-state index in [1.165, 1.54) is 49.2 Å². The fourth-order valence-electron chi connectivity index (χ4n) is 8.52. The first-order chi connectivity index (χ1) is 25.5. The van der Waals surface area contributed by atoms with E-state index >= 15 is 0 Å². The first-order valence-electron chi connectivity index (χ1n) is 17.8. The highest BCUT2D eigenvalue weighted by molar-refractivity contribution is 6.25. The van der Waals surface area contributed by atoms with E-state index in [0.717, 1.165) is 44.0 Å². The predicted octanol–water partition coefficient (Wildman–Crippen LogP) is 12.5. The van der Waals surface area contributed by atoms with Crippen molar-refractivity contribution in [3.05, 3.63) is 163 Å². The molecular formula is C48H31N3O. The molecule has 0 radical (unpaired) electrons. The Morgan fingerprint density at radius 2 is 1.02 bits per heavy atom. The summed E-state index contributed by atoms with van der Waals surface area (Å²) in [5.74, 6) is 1.87. The minimum absolute atomic E-state index is 0.0676. The molecule has 4 nitrogen and oxygen atoms in total. The lowest BCUT2D eigenvalue weighted by Crippen LogP contribution is -2.14. The van der Waals surface area contributed by atoms with Crippen LogP contribution < -0.4 is 0 Å². The highest BCUT2D eigenvalue weighted by Crippen LogP contribution is 2.53. The van der Waals surface area contributed by atoms with Gasteiger partial charge in [0.05, 0.1) is 0 Å². The topological polar surface area (TPSA) is 51.8 Å². The second-order valence-corrected chi connectivity index (χ2v) is 14.4. The zero-order valence-electron chi connectivity index (χ0n) is 28.7. The smallest absolute Gasteiger partial charge is 0.164 e. The van der Waals surface area contributed by atoms with Crippen LogP contribution in [-0.4, -0.2) is 15.0 Å². The summed E-state index contributed by atoms with van der Waals surface area (Å²) in [6.07, 6.45) is 0. The maximum atomic E-state index is 6.25. The van der Waals surface area contributed by atoms with Gasteiger partial charge in [0.25, 0.3) is 0 Å². The van der Waals surface area contributed by atoms with Gasteiger partial charge in [-0.15, -0.1) is 0 Å². The predicted molar refractivity (Wildman–Crippen MR) is 213 cm³/mol. The van der Waals surface area contributed by atoms with E-state index in [9.17, 15) is 0 Å². The molecule has 0 saturated heterocycles. The molecule has 2 heterocycles. The molecule has 0 atom stereocenters. The SMILES string of the molecule is CC1(C)c2ccccc2-c2c1ccc1ccc3ccc4cc(-c5nc(-c6ccccc6)nc(-c6ccc7c(c6)oc6ccccc67)n5)ccc4c3c21. The van der Waals surface area contributed by atoms with Gasteiger partial charge in [-0.1, -0.05) is 141 Å². The molecule has 0 unspecified atom stereocenters. The van der Waals surface area contributed by atoms with Gasteiger partial charge in [-0.05, 0) is 78.8 Å². The van der Waals surface area contributed by atoms with Gasteiger partial charge < -0.3 is 4.42 Å². The number of hydrogen-bond donors (Lipinski definition) is 0. The first-order valence-corrected chi connectivity index (χ1v) is 17.8. The van der Waals surface area contributed by atoms with Gasteiger partial charge in [0.15, 0.2) is 17.5 Å². The zero-order chi connectivity index (χ0) is 34.6. The molecule has 2 aromatic heterocycles. The number of hydrogen-bond acceptors (Lipinski definition) is 4. The molecule has 0 spiro atoms. The van der Waals surface area contributed by atoms with Crippen LogP contribution in [0, 0.1) is 0 Å². The Labute approximate surface area is 300 Å². The van der Waals surface area contributed by atoms with Crippen molar-refractivity contribution in [3.63, 3.8) is 0 Å². The molecule has 0 saturated carbocycles. The number of fused-ring (bicyclic) bond motifs is 12. The summed E-state index contributed by atoms with van der Waals surface area (Å²) >= 11 is 0. The normalized spacial score (nSPS) is 13.3. The van der Waals surface area contributed by atoms with Gasteiger partial charge in [-0.3, -0.25) is 0 Å². The summed E-state index contributed by atoms with van der Waals surface area (Å²) in [7, 11) is 0. The highest BCUT2D eigenvalue weighted by atomic mass is 16.3. The average Bonchev–Trinajstić information content (AvgIpc) is 3.69. The number of para-hydroxylation sites is 1. The lowest BCUT2D eigenvalue weighted by molar-refractivity contribution is 0.661. The second-order valence-electron chi connectivity index (χ2n) is 14.4. The maximum Gasteiger partial charge on any atom is 0.164 e. The number of aromatic nitrogens is 3. The summed E-state index contributed by atoms with van der Waals surface area (Å²) in [5, 5.41) is 9.63. The third kappa shape index (κ3) is 4.18. The van der Waals surface area contributed by atoms with Crippen molar-refractivity contribution >= 4 is 54.3 Å². The molecule has 8 aromatic carbocycles. The van der Waals surface area contributed by atoms with Crippen LogP contribution in [0.5, 0.6) is 0 Å². The van der Waals surface area contributed by atoms with Gasteiger partial charge in [-0.2, -0.15) is 0 Å². The lowest BCUT2D eigenvalue weighted by Gasteiger charge is -2.21. The quantitative estimate of drug-likeness (QED) is 0.176. The lowest BCUT2D eigenvalue weighted by atomic mass is 9.81. The molecule has 0 aliphatic heterocycles. The Kier molecular flexibility index (Phi) is 5.98. The summed E-state index contributed by atoms with van der Waals surface area (Å²) < 4.78 is 6.25. The summed E-state index contributed by atoms with van der Waals surface area (Å²) in [4.78, 5) is 15.2. The highest BCUT2D eigenvalue weighted by Gasteiger charge is 2.36. The fraction of sp³-hybridized carbons (Fsp3) is 0.0625.